The van der Waals surface area contributed by atoms with Crippen molar-refractivity contribution < 1.29 is 14.7 Å². The molecule has 5 aliphatic rings. The first-order valence-electron chi connectivity index (χ1n) is 16.3. The normalized spacial score (nSPS) is 46.3. The number of amides is 1. The number of pyridine rings is 1. The minimum atomic E-state index is -0.565. The maximum absolute atomic E-state index is 13.2. The van der Waals surface area contributed by atoms with Crippen molar-refractivity contribution in [1.82, 2.24) is 10.3 Å². The summed E-state index contributed by atoms with van der Waals surface area (Å²) in [5, 5.41) is 14.0. The number of rotatable bonds is 4. The molecule has 6 rings (SSSR count). The molecular formula is C36H52N2O3. The Kier molecular flexibility index (Phi) is 6.64. The molecule has 1 heterocycles. The van der Waals surface area contributed by atoms with Crippen LogP contribution in [0.1, 0.15) is 116 Å². The lowest BCUT2D eigenvalue weighted by Gasteiger charge is -2.73. The fourth-order valence-corrected chi connectivity index (χ4v) is 12.5. The second-order valence-corrected chi connectivity index (χ2v) is 16.3. The average Bonchev–Trinajstić information content (AvgIpc) is 3.33. The summed E-state index contributed by atoms with van der Waals surface area (Å²) in [4.78, 5) is 30.2. The summed E-state index contributed by atoms with van der Waals surface area (Å²) in [6.07, 6.45) is 13.9. The zero-order valence-corrected chi connectivity index (χ0v) is 26.3. The molecule has 224 valence electrons. The number of carbonyl (C=O) groups is 2. The summed E-state index contributed by atoms with van der Waals surface area (Å²) in [6, 6.07) is 3.82. The number of fused-ring (bicyclic) bond motifs is 7. The number of aromatic nitrogens is 1. The van der Waals surface area contributed by atoms with Crippen molar-refractivity contribution in [2.45, 2.75) is 112 Å². The molecule has 41 heavy (non-hydrogen) atoms. The van der Waals surface area contributed by atoms with Gasteiger partial charge in [0.25, 0.3) is 5.91 Å². The molecule has 2 N–H and O–H groups in total. The molecule has 0 aliphatic heterocycles. The third-order valence-electron chi connectivity index (χ3n) is 14.8. The van der Waals surface area contributed by atoms with E-state index in [4.69, 9.17) is 0 Å². The third-order valence-corrected chi connectivity index (χ3v) is 14.8. The van der Waals surface area contributed by atoms with E-state index in [1.165, 1.54) is 24.8 Å². The number of hydrogen-bond donors (Lipinski definition) is 2. The summed E-state index contributed by atoms with van der Waals surface area (Å²) in [6.45, 7) is 19.1. The van der Waals surface area contributed by atoms with Crippen LogP contribution < -0.4 is 5.32 Å². The van der Waals surface area contributed by atoms with Gasteiger partial charge >= 0.3 is 5.97 Å². The number of nitrogens with zero attached hydrogens (tertiary/aromatic N) is 1. The number of carboxylic acids is 1. The van der Waals surface area contributed by atoms with E-state index in [2.05, 4.69) is 58.4 Å². The Hall–Kier alpha value is -2.17. The van der Waals surface area contributed by atoms with Gasteiger partial charge < -0.3 is 10.4 Å². The van der Waals surface area contributed by atoms with Crippen LogP contribution in [0.25, 0.3) is 0 Å². The number of nitrogens with one attached hydrogen (secondary N) is 1. The molecule has 0 radical (unpaired) electrons. The van der Waals surface area contributed by atoms with Gasteiger partial charge in [0.15, 0.2) is 0 Å². The zero-order chi connectivity index (χ0) is 29.6. The van der Waals surface area contributed by atoms with Crippen LogP contribution in [-0.2, 0) is 4.79 Å². The quantitative estimate of drug-likeness (QED) is 0.367. The fraction of sp³-hybridized carbons (Fsp3) is 0.750. The molecule has 1 amide bonds. The van der Waals surface area contributed by atoms with Crippen molar-refractivity contribution in [1.29, 1.82) is 0 Å². The molecule has 1 aromatic heterocycles. The maximum atomic E-state index is 13.2. The van der Waals surface area contributed by atoms with Crippen molar-refractivity contribution in [3.63, 3.8) is 0 Å². The fourth-order valence-electron chi connectivity index (χ4n) is 12.5. The minimum Gasteiger partial charge on any atom is -0.481 e. The average molecular weight is 561 g/mol. The van der Waals surface area contributed by atoms with Crippen molar-refractivity contribution in [2.24, 2.45) is 56.7 Å². The standard InChI is InChI=1S/C36H52N2O3/c1-22(2)24-12-17-36(31(40)41)19-18-34(6)25(29(24)36)10-11-27-33(5)15-14-28(38-30(39)23-9-8-20-37-21-23)32(3,4)26(33)13-16-35(27,34)7/h8-9,20-21,24-29H,1,10-19H2,2-7H3,(H,38,39)(H,40,41)/t24-,25+,26-,27+,28-,29+,33-,34+,35+,36-/m0/s1. The van der Waals surface area contributed by atoms with Gasteiger partial charge in [-0.15, -0.1) is 0 Å². The summed E-state index contributed by atoms with van der Waals surface area (Å²) >= 11 is 0. The topological polar surface area (TPSA) is 79.3 Å². The molecule has 5 heteroatoms. The van der Waals surface area contributed by atoms with Gasteiger partial charge in [-0.25, -0.2) is 0 Å². The first-order chi connectivity index (χ1) is 19.2. The molecule has 5 nitrogen and oxygen atoms in total. The number of hydrogen-bond acceptors (Lipinski definition) is 3. The van der Waals surface area contributed by atoms with Crippen LogP contribution in [0.4, 0.5) is 0 Å². The van der Waals surface area contributed by atoms with Gasteiger partial charge in [-0.3, -0.25) is 14.6 Å². The smallest absolute Gasteiger partial charge is 0.309 e. The Morgan fingerprint density at radius 3 is 2.34 bits per heavy atom. The van der Waals surface area contributed by atoms with Crippen molar-refractivity contribution in [3.8, 4) is 0 Å². The van der Waals surface area contributed by atoms with Crippen LogP contribution in [0.15, 0.2) is 36.7 Å². The Morgan fingerprint density at radius 2 is 1.68 bits per heavy atom. The van der Waals surface area contributed by atoms with Gasteiger partial charge in [-0.1, -0.05) is 46.8 Å². The Morgan fingerprint density at radius 1 is 0.927 bits per heavy atom. The van der Waals surface area contributed by atoms with E-state index >= 15 is 0 Å². The zero-order valence-electron chi connectivity index (χ0n) is 26.3. The Labute approximate surface area is 247 Å². The second-order valence-electron chi connectivity index (χ2n) is 16.3. The van der Waals surface area contributed by atoms with Crippen LogP contribution in [0.5, 0.6) is 0 Å². The highest BCUT2D eigenvalue weighted by molar-refractivity contribution is 5.94. The molecule has 5 saturated carbocycles. The molecule has 0 bridgehead atoms. The SMILES string of the molecule is C=C(C)[C@@H]1CC[C@]2(C(=O)O)CC[C@]3(C)[C@H](CC[C@@H]4[C@@]5(C)CC[C@H](NC(=O)c6cccnc6)C(C)(C)[C@@H]5CC[C@]43C)[C@@H]12. The first-order valence-corrected chi connectivity index (χ1v) is 16.3. The third kappa shape index (κ3) is 3.81. The van der Waals surface area contributed by atoms with Crippen LogP contribution in [-0.4, -0.2) is 28.0 Å². The second kappa shape index (κ2) is 9.41. The minimum absolute atomic E-state index is 0.00845. The van der Waals surface area contributed by atoms with E-state index in [9.17, 15) is 14.7 Å². The van der Waals surface area contributed by atoms with Crippen LogP contribution in [0, 0.1) is 56.7 Å². The number of allylic oxidation sites excluding steroid dienone is 1. The van der Waals surface area contributed by atoms with E-state index < -0.39 is 11.4 Å². The van der Waals surface area contributed by atoms with Gasteiger partial charge in [0.2, 0.25) is 0 Å². The van der Waals surface area contributed by atoms with Crippen molar-refractivity contribution >= 4 is 11.9 Å². The first kappa shape index (κ1) is 28.9. The predicted molar refractivity (Wildman–Crippen MR) is 162 cm³/mol. The lowest BCUT2D eigenvalue weighted by atomic mass is 9.32. The monoisotopic (exact) mass is 560 g/mol. The maximum Gasteiger partial charge on any atom is 0.309 e. The largest absolute Gasteiger partial charge is 0.481 e. The van der Waals surface area contributed by atoms with E-state index in [0.29, 0.717) is 29.2 Å². The van der Waals surface area contributed by atoms with Gasteiger partial charge in [-0.2, -0.15) is 0 Å². The number of aliphatic carboxylic acids is 1. The highest BCUT2D eigenvalue weighted by atomic mass is 16.4. The lowest BCUT2D eigenvalue weighted by molar-refractivity contribution is -0.240. The molecule has 0 unspecified atom stereocenters. The lowest BCUT2D eigenvalue weighted by Crippen LogP contribution is -2.68. The van der Waals surface area contributed by atoms with Crippen LogP contribution in [0.3, 0.4) is 0 Å². The molecule has 5 aliphatic carbocycles. The van der Waals surface area contributed by atoms with Gasteiger partial charge in [0, 0.05) is 18.4 Å². The molecule has 5 fully saturated rings. The summed E-state index contributed by atoms with van der Waals surface area (Å²) in [5.74, 6) is 1.59. The van der Waals surface area contributed by atoms with E-state index in [1.54, 1.807) is 12.4 Å². The molecule has 10 atom stereocenters. The summed E-state index contributed by atoms with van der Waals surface area (Å²) in [7, 11) is 0. The van der Waals surface area contributed by atoms with E-state index in [0.717, 1.165) is 44.9 Å². The van der Waals surface area contributed by atoms with Gasteiger partial charge in [0.1, 0.15) is 0 Å². The molecule has 0 saturated heterocycles. The van der Waals surface area contributed by atoms with Crippen molar-refractivity contribution in [2.75, 3.05) is 0 Å². The molecule has 1 aromatic rings. The number of carbonyl (C=O) groups excluding carboxylic acids is 1. The summed E-state index contributed by atoms with van der Waals surface area (Å²) in [5.41, 5.74) is 1.80. The summed E-state index contributed by atoms with van der Waals surface area (Å²) < 4.78 is 0. The van der Waals surface area contributed by atoms with E-state index in [1.807, 2.05) is 12.1 Å². The van der Waals surface area contributed by atoms with Gasteiger partial charge in [0.05, 0.1) is 11.0 Å². The van der Waals surface area contributed by atoms with E-state index in [-0.39, 0.29) is 39.5 Å². The Balaban J connectivity index is 1.30. The van der Waals surface area contributed by atoms with Crippen molar-refractivity contribution in [3.05, 3.63) is 42.2 Å². The highest BCUT2D eigenvalue weighted by Gasteiger charge is 2.72. The molecular weight excluding hydrogens is 508 g/mol. The molecule has 0 spiro atoms. The number of carboxylic acid groups (broad SMARTS) is 1. The van der Waals surface area contributed by atoms with Crippen LogP contribution in [0.2, 0.25) is 0 Å². The van der Waals surface area contributed by atoms with Gasteiger partial charge in [-0.05, 0) is 135 Å². The highest BCUT2D eigenvalue weighted by Crippen LogP contribution is 2.77. The molecule has 0 aromatic carbocycles. The predicted octanol–water partition coefficient (Wildman–Crippen LogP) is 7.92. The van der Waals surface area contributed by atoms with Crippen LogP contribution >= 0.6 is 0 Å². The Bertz CT molecular complexity index is 1240.